The number of benzene rings is 2. The van der Waals surface area contributed by atoms with Gasteiger partial charge < -0.3 is 18.9 Å². The van der Waals surface area contributed by atoms with Crippen molar-refractivity contribution >= 4 is 5.97 Å². The first-order chi connectivity index (χ1) is 15.5. The molecule has 0 bridgehead atoms. The Balaban J connectivity index is 2.23. The summed E-state index contributed by atoms with van der Waals surface area (Å²) >= 11 is 0. The molecule has 0 aliphatic heterocycles. The topological polar surface area (TPSA) is 79.8 Å². The van der Waals surface area contributed by atoms with Crippen LogP contribution >= 0.6 is 0 Å². The summed E-state index contributed by atoms with van der Waals surface area (Å²) in [6, 6.07) is 13.0. The van der Waals surface area contributed by atoms with Crippen LogP contribution < -0.4 is 14.2 Å². The Labute approximate surface area is 187 Å². The van der Waals surface area contributed by atoms with Gasteiger partial charge in [-0.05, 0) is 44.0 Å². The van der Waals surface area contributed by atoms with Crippen molar-refractivity contribution in [1.82, 2.24) is 9.97 Å². The van der Waals surface area contributed by atoms with Crippen LogP contribution in [0.3, 0.4) is 0 Å². The lowest BCUT2D eigenvalue weighted by molar-refractivity contribution is 0.0525. The zero-order valence-electron chi connectivity index (χ0n) is 18.7. The van der Waals surface area contributed by atoms with E-state index < -0.39 is 5.97 Å². The third-order valence-electron chi connectivity index (χ3n) is 4.60. The van der Waals surface area contributed by atoms with Gasteiger partial charge in [0, 0.05) is 11.1 Å². The van der Waals surface area contributed by atoms with Gasteiger partial charge in [-0.3, -0.25) is 0 Å². The van der Waals surface area contributed by atoms with E-state index in [1.807, 2.05) is 30.3 Å². The molecule has 7 nitrogen and oxygen atoms in total. The third kappa shape index (κ3) is 4.81. The van der Waals surface area contributed by atoms with Crippen LogP contribution in [0.2, 0.25) is 0 Å². The van der Waals surface area contributed by atoms with Crippen molar-refractivity contribution < 1.29 is 23.7 Å². The Morgan fingerprint density at radius 1 is 0.938 bits per heavy atom. The minimum Gasteiger partial charge on any atom is -0.493 e. The quantitative estimate of drug-likeness (QED) is 0.429. The van der Waals surface area contributed by atoms with E-state index in [4.69, 9.17) is 18.9 Å². The predicted octanol–water partition coefficient (Wildman–Crippen LogP) is 4.05. The molecule has 164 valence electrons. The number of rotatable bonds is 6. The van der Waals surface area contributed by atoms with Gasteiger partial charge >= 0.3 is 5.97 Å². The van der Waals surface area contributed by atoms with E-state index >= 15 is 0 Å². The van der Waals surface area contributed by atoms with Gasteiger partial charge in [0.15, 0.2) is 11.5 Å². The molecule has 7 heteroatoms. The van der Waals surface area contributed by atoms with Crippen LogP contribution in [-0.2, 0) is 4.74 Å². The smallest absolute Gasteiger partial charge is 0.342 e. The molecule has 3 aromatic rings. The molecular formula is C25H24N2O5. The third-order valence-corrected chi connectivity index (χ3v) is 4.60. The molecule has 0 N–H and O–H groups in total. The maximum absolute atomic E-state index is 12.8. The number of aryl methyl sites for hydroxylation is 1. The van der Waals surface area contributed by atoms with E-state index in [1.54, 1.807) is 26.0 Å². The summed E-state index contributed by atoms with van der Waals surface area (Å²) in [6.45, 7) is 3.69. The zero-order valence-corrected chi connectivity index (χ0v) is 18.7. The van der Waals surface area contributed by atoms with Crippen molar-refractivity contribution in [3.05, 3.63) is 65.1 Å². The minimum absolute atomic E-state index is 0.225. The summed E-state index contributed by atoms with van der Waals surface area (Å²) in [4.78, 5) is 21.8. The Morgan fingerprint density at radius 3 is 2.16 bits per heavy atom. The molecule has 3 rings (SSSR count). The van der Waals surface area contributed by atoms with Crippen LogP contribution in [0.15, 0.2) is 42.5 Å². The number of esters is 1. The lowest BCUT2D eigenvalue weighted by atomic mass is 10.0. The Bertz CT molecular complexity index is 1160. The standard InChI is InChI=1S/C25H24N2O5/c1-6-32-25(28)22-16(2)26-21(13-12-17-10-8-7-9-11-17)27-23(22)18-14-19(29-3)24(31-5)20(15-18)30-4/h7-11,14-15H,6H2,1-5H3. The fourth-order valence-corrected chi connectivity index (χ4v) is 3.15. The first-order valence-electron chi connectivity index (χ1n) is 9.95. The van der Waals surface area contributed by atoms with Gasteiger partial charge in [-0.2, -0.15) is 0 Å². The number of aromatic nitrogens is 2. The van der Waals surface area contributed by atoms with Crippen molar-refractivity contribution in [2.75, 3.05) is 27.9 Å². The number of ether oxygens (including phenoxy) is 4. The molecule has 0 aliphatic rings. The molecule has 0 aliphatic carbocycles. The highest BCUT2D eigenvalue weighted by Gasteiger charge is 2.23. The number of nitrogens with zero attached hydrogens (tertiary/aromatic N) is 2. The second kappa shape index (κ2) is 10.3. The average Bonchev–Trinajstić information content (AvgIpc) is 2.82. The number of hydrogen-bond acceptors (Lipinski definition) is 7. The highest BCUT2D eigenvalue weighted by molar-refractivity contribution is 5.97. The monoisotopic (exact) mass is 432 g/mol. The largest absolute Gasteiger partial charge is 0.493 e. The van der Waals surface area contributed by atoms with E-state index in [1.165, 1.54) is 21.3 Å². The van der Waals surface area contributed by atoms with Crippen molar-refractivity contribution in [3.63, 3.8) is 0 Å². The van der Waals surface area contributed by atoms with Crippen LogP contribution in [0, 0.1) is 18.8 Å². The summed E-state index contributed by atoms with van der Waals surface area (Å²) in [6.07, 6.45) is 0. The van der Waals surface area contributed by atoms with Gasteiger partial charge in [-0.15, -0.1) is 0 Å². The Morgan fingerprint density at radius 2 is 1.59 bits per heavy atom. The highest BCUT2D eigenvalue weighted by atomic mass is 16.5. The molecule has 0 saturated heterocycles. The molecule has 0 amide bonds. The molecule has 0 fully saturated rings. The van der Waals surface area contributed by atoms with Crippen LogP contribution in [0.5, 0.6) is 17.2 Å². The van der Waals surface area contributed by atoms with Crippen molar-refractivity contribution in [2.24, 2.45) is 0 Å². The molecule has 0 radical (unpaired) electrons. The first-order valence-corrected chi connectivity index (χ1v) is 9.95. The Hall–Kier alpha value is -4.05. The van der Waals surface area contributed by atoms with Gasteiger partial charge in [0.25, 0.3) is 0 Å². The van der Waals surface area contributed by atoms with Gasteiger partial charge in [0.2, 0.25) is 11.6 Å². The van der Waals surface area contributed by atoms with Gasteiger partial charge in [-0.1, -0.05) is 24.1 Å². The lowest BCUT2D eigenvalue weighted by Gasteiger charge is -2.16. The summed E-state index contributed by atoms with van der Waals surface area (Å²) in [5.74, 6) is 7.09. The number of carbonyl (C=O) groups excluding carboxylic acids is 1. The van der Waals surface area contributed by atoms with E-state index in [2.05, 4.69) is 21.8 Å². The molecule has 2 aromatic carbocycles. The number of carbonyl (C=O) groups is 1. The first kappa shape index (κ1) is 22.6. The van der Waals surface area contributed by atoms with Gasteiger partial charge in [0.05, 0.1) is 39.3 Å². The number of methoxy groups -OCH3 is 3. The van der Waals surface area contributed by atoms with Crippen molar-refractivity contribution in [2.45, 2.75) is 13.8 Å². The summed E-state index contributed by atoms with van der Waals surface area (Å²) in [7, 11) is 4.57. The minimum atomic E-state index is -0.517. The summed E-state index contributed by atoms with van der Waals surface area (Å²) in [5.41, 5.74) is 2.49. The SMILES string of the molecule is CCOC(=O)c1c(C)nc(C#Cc2ccccc2)nc1-c1cc(OC)c(OC)c(OC)c1. The fraction of sp³-hybridized carbons (Fsp3) is 0.240. The molecule has 1 heterocycles. The highest BCUT2D eigenvalue weighted by Crippen LogP contribution is 2.41. The molecular weight excluding hydrogens is 408 g/mol. The van der Waals surface area contributed by atoms with Crippen LogP contribution in [0.25, 0.3) is 11.3 Å². The fourth-order valence-electron chi connectivity index (χ4n) is 3.15. The van der Waals surface area contributed by atoms with Crippen LogP contribution in [0.4, 0.5) is 0 Å². The molecule has 0 saturated carbocycles. The maximum atomic E-state index is 12.8. The lowest BCUT2D eigenvalue weighted by Crippen LogP contribution is -2.13. The van der Waals surface area contributed by atoms with E-state index in [0.29, 0.717) is 34.2 Å². The predicted molar refractivity (Wildman–Crippen MR) is 120 cm³/mol. The van der Waals surface area contributed by atoms with E-state index in [0.717, 1.165) is 5.56 Å². The molecule has 32 heavy (non-hydrogen) atoms. The van der Waals surface area contributed by atoms with Crippen LogP contribution in [-0.4, -0.2) is 43.9 Å². The second-order valence-electron chi connectivity index (χ2n) is 6.61. The van der Waals surface area contributed by atoms with Crippen molar-refractivity contribution in [3.8, 4) is 40.3 Å². The van der Waals surface area contributed by atoms with Crippen LogP contribution in [0.1, 0.15) is 34.4 Å². The van der Waals surface area contributed by atoms with Gasteiger partial charge in [-0.25, -0.2) is 14.8 Å². The molecule has 0 unspecified atom stereocenters. The molecule has 0 atom stereocenters. The molecule has 1 aromatic heterocycles. The normalized spacial score (nSPS) is 10.0. The number of hydrogen-bond donors (Lipinski definition) is 0. The summed E-state index contributed by atoms with van der Waals surface area (Å²) in [5, 5.41) is 0. The second-order valence-corrected chi connectivity index (χ2v) is 6.61. The van der Waals surface area contributed by atoms with E-state index in [-0.39, 0.29) is 18.0 Å². The Kier molecular flexibility index (Phi) is 7.29. The average molecular weight is 432 g/mol. The van der Waals surface area contributed by atoms with Gasteiger partial charge in [0.1, 0.15) is 5.56 Å². The molecule has 0 spiro atoms. The maximum Gasteiger partial charge on any atom is 0.342 e. The zero-order chi connectivity index (χ0) is 23.1. The van der Waals surface area contributed by atoms with E-state index in [9.17, 15) is 4.79 Å². The van der Waals surface area contributed by atoms with Crippen molar-refractivity contribution in [1.29, 1.82) is 0 Å². The summed E-state index contributed by atoms with van der Waals surface area (Å²) < 4.78 is 21.6.